The lowest BCUT2D eigenvalue weighted by Crippen LogP contribution is -2.42. The van der Waals surface area contributed by atoms with Gasteiger partial charge in [0.25, 0.3) is 0 Å². The molecule has 1 N–H and O–H groups in total. The SMILES string of the molecule is CS(=O)(=O)N(CC(=O)NC[C@@H]1CCCO1)Cc1ccc(Cl)c(Cl)c1. The third-order valence-corrected chi connectivity index (χ3v) is 5.62. The monoisotopic (exact) mass is 394 g/mol. The molecule has 2 rings (SSSR count). The first-order valence-electron chi connectivity index (χ1n) is 7.53. The second-order valence-electron chi connectivity index (χ2n) is 5.72. The number of benzene rings is 1. The normalized spacial score (nSPS) is 18.1. The molecule has 1 amide bonds. The van der Waals surface area contributed by atoms with Gasteiger partial charge in [0.2, 0.25) is 15.9 Å². The summed E-state index contributed by atoms with van der Waals surface area (Å²) in [5.41, 5.74) is 0.654. The van der Waals surface area contributed by atoms with Crippen LogP contribution in [0, 0.1) is 0 Å². The summed E-state index contributed by atoms with van der Waals surface area (Å²) < 4.78 is 30.4. The maximum absolute atomic E-state index is 12.0. The molecule has 0 radical (unpaired) electrons. The van der Waals surface area contributed by atoms with E-state index in [1.54, 1.807) is 18.2 Å². The molecule has 6 nitrogen and oxygen atoms in total. The van der Waals surface area contributed by atoms with Gasteiger partial charge in [0.05, 0.1) is 28.9 Å². The Labute approximate surface area is 152 Å². The summed E-state index contributed by atoms with van der Waals surface area (Å²) in [4.78, 5) is 12.0. The Kier molecular flexibility index (Phi) is 6.88. The van der Waals surface area contributed by atoms with Crippen molar-refractivity contribution in [2.75, 3.05) is 26.0 Å². The molecular formula is C15H20Cl2N2O4S. The number of nitrogens with one attached hydrogen (secondary N) is 1. The van der Waals surface area contributed by atoms with Crippen LogP contribution in [0.4, 0.5) is 0 Å². The molecule has 1 aliphatic heterocycles. The van der Waals surface area contributed by atoms with Gasteiger partial charge in [-0.1, -0.05) is 29.3 Å². The van der Waals surface area contributed by atoms with Gasteiger partial charge in [0.1, 0.15) is 0 Å². The van der Waals surface area contributed by atoms with Crippen LogP contribution in [-0.2, 0) is 26.1 Å². The number of carbonyl (C=O) groups is 1. The number of hydrogen-bond donors (Lipinski definition) is 1. The predicted molar refractivity (Wildman–Crippen MR) is 93.7 cm³/mol. The summed E-state index contributed by atoms with van der Waals surface area (Å²) in [5.74, 6) is -0.365. The predicted octanol–water partition coefficient (Wildman–Crippen LogP) is 2.05. The second kappa shape index (κ2) is 8.49. The molecule has 1 saturated heterocycles. The van der Waals surface area contributed by atoms with E-state index in [4.69, 9.17) is 27.9 Å². The van der Waals surface area contributed by atoms with Crippen molar-refractivity contribution < 1.29 is 17.9 Å². The highest BCUT2D eigenvalue weighted by molar-refractivity contribution is 7.88. The first-order chi connectivity index (χ1) is 11.3. The van der Waals surface area contributed by atoms with Gasteiger partial charge in [-0.15, -0.1) is 0 Å². The van der Waals surface area contributed by atoms with E-state index in [1.165, 1.54) is 0 Å². The van der Waals surface area contributed by atoms with Gasteiger partial charge in [-0.25, -0.2) is 8.42 Å². The van der Waals surface area contributed by atoms with Gasteiger partial charge >= 0.3 is 0 Å². The molecule has 1 fully saturated rings. The van der Waals surface area contributed by atoms with E-state index >= 15 is 0 Å². The molecule has 0 aliphatic carbocycles. The van der Waals surface area contributed by atoms with Crippen LogP contribution in [0.1, 0.15) is 18.4 Å². The summed E-state index contributed by atoms with van der Waals surface area (Å²) in [6.45, 7) is 0.880. The fourth-order valence-corrected chi connectivity index (χ4v) is 3.44. The van der Waals surface area contributed by atoms with E-state index in [9.17, 15) is 13.2 Å². The topological polar surface area (TPSA) is 75.7 Å². The van der Waals surface area contributed by atoms with Crippen molar-refractivity contribution in [1.29, 1.82) is 0 Å². The molecule has 1 heterocycles. The molecule has 1 aromatic rings. The minimum atomic E-state index is -3.55. The lowest BCUT2D eigenvalue weighted by molar-refractivity contribution is -0.121. The maximum Gasteiger partial charge on any atom is 0.235 e. The zero-order valence-corrected chi connectivity index (χ0v) is 15.6. The summed E-state index contributed by atoms with van der Waals surface area (Å²) in [7, 11) is -3.55. The average Bonchev–Trinajstić information content (AvgIpc) is 3.00. The summed E-state index contributed by atoms with van der Waals surface area (Å²) in [6, 6.07) is 4.86. The number of halogens is 2. The van der Waals surface area contributed by atoms with Gasteiger partial charge < -0.3 is 10.1 Å². The Morgan fingerprint density at radius 1 is 1.38 bits per heavy atom. The highest BCUT2D eigenvalue weighted by Gasteiger charge is 2.22. The Bertz CT molecular complexity index is 691. The second-order valence-corrected chi connectivity index (χ2v) is 8.52. The molecule has 0 spiro atoms. The summed E-state index contributed by atoms with van der Waals surface area (Å²) >= 11 is 11.8. The minimum absolute atomic E-state index is 0.00991. The van der Waals surface area contributed by atoms with Crippen LogP contribution in [0.3, 0.4) is 0 Å². The Morgan fingerprint density at radius 2 is 2.12 bits per heavy atom. The average molecular weight is 395 g/mol. The molecule has 0 unspecified atom stereocenters. The molecule has 0 aromatic heterocycles. The number of nitrogens with zero attached hydrogens (tertiary/aromatic N) is 1. The fraction of sp³-hybridized carbons (Fsp3) is 0.533. The van der Waals surface area contributed by atoms with E-state index in [0.29, 0.717) is 28.8 Å². The van der Waals surface area contributed by atoms with Crippen LogP contribution in [0.5, 0.6) is 0 Å². The van der Waals surface area contributed by atoms with Gasteiger partial charge in [-0.2, -0.15) is 4.31 Å². The van der Waals surface area contributed by atoms with Gasteiger partial charge in [-0.3, -0.25) is 4.79 Å². The molecule has 9 heteroatoms. The molecule has 1 aliphatic rings. The zero-order valence-electron chi connectivity index (χ0n) is 13.3. The third-order valence-electron chi connectivity index (χ3n) is 3.68. The van der Waals surface area contributed by atoms with Crippen molar-refractivity contribution in [3.63, 3.8) is 0 Å². The quantitative estimate of drug-likeness (QED) is 0.767. The molecule has 1 atom stereocenters. The molecule has 24 heavy (non-hydrogen) atoms. The maximum atomic E-state index is 12.0. The lowest BCUT2D eigenvalue weighted by Gasteiger charge is -2.20. The lowest BCUT2D eigenvalue weighted by atomic mass is 10.2. The summed E-state index contributed by atoms with van der Waals surface area (Å²) in [6.07, 6.45) is 2.96. The number of ether oxygens (including phenoxy) is 1. The highest BCUT2D eigenvalue weighted by Crippen LogP contribution is 2.23. The van der Waals surface area contributed by atoms with Crippen LogP contribution in [-0.4, -0.2) is 50.7 Å². The van der Waals surface area contributed by atoms with Crippen LogP contribution < -0.4 is 5.32 Å². The van der Waals surface area contributed by atoms with Crippen LogP contribution in [0.15, 0.2) is 18.2 Å². The number of sulfonamides is 1. The van der Waals surface area contributed by atoms with Crippen LogP contribution in [0.2, 0.25) is 10.0 Å². The standard InChI is InChI=1S/C15H20Cl2N2O4S/c1-24(21,22)19(9-11-4-5-13(16)14(17)7-11)10-15(20)18-8-12-3-2-6-23-12/h4-5,7,12H,2-3,6,8-10H2,1H3,(H,18,20)/t12-/m0/s1. The first kappa shape index (κ1) is 19.5. The molecular weight excluding hydrogens is 375 g/mol. The van der Waals surface area contributed by atoms with Gasteiger partial charge in [0, 0.05) is 19.7 Å². The van der Waals surface area contributed by atoms with Crippen LogP contribution >= 0.6 is 23.2 Å². The Morgan fingerprint density at radius 3 is 2.71 bits per heavy atom. The van der Waals surface area contributed by atoms with Crippen LogP contribution in [0.25, 0.3) is 0 Å². The van der Waals surface area contributed by atoms with E-state index < -0.39 is 10.0 Å². The van der Waals surface area contributed by atoms with Crippen molar-refractivity contribution in [3.8, 4) is 0 Å². The zero-order chi connectivity index (χ0) is 17.7. The van der Waals surface area contributed by atoms with Crippen molar-refractivity contribution in [3.05, 3.63) is 33.8 Å². The van der Waals surface area contributed by atoms with Crippen molar-refractivity contribution in [2.45, 2.75) is 25.5 Å². The van der Waals surface area contributed by atoms with E-state index in [1.807, 2.05) is 0 Å². The van der Waals surface area contributed by atoms with Crippen molar-refractivity contribution in [1.82, 2.24) is 9.62 Å². The molecule has 134 valence electrons. The van der Waals surface area contributed by atoms with Crippen molar-refractivity contribution >= 4 is 39.1 Å². The number of carbonyl (C=O) groups excluding carboxylic acids is 1. The smallest absolute Gasteiger partial charge is 0.235 e. The molecule has 1 aromatic carbocycles. The third kappa shape index (κ3) is 5.89. The van der Waals surface area contributed by atoms with E-state index in [2.05, 4.69) is 5.32 Å². The number of amides is 1. The van der Waals surface area contributed by atoms with Gasteiger partial charge in [-0.05, 0) is 30.5 Å². The summed E-state index contributed by atoms with van der Waals surface area (Å²) in [5, 5.41) is 3.44. The Hall–Kier alpha value is -0.860. The Balaban J connectivity index is 1.97. The van der Waals surface area contributed by atoms with E-state index in [-0.39, 0.29) is 25.1 Å². The van der Waals surface area contributed by atoms with Gasteiger partial charge in [0.15, 0.2) is 0 Å². The largest absolute Gasteiger partial charge is 0.376 e. The molecule has 0 bridgehead atoms. The molecule has 0 saturated carbocycles. The highest BCUT2D eigenvalue weighted by atomic mass is 35.5. The van der Waals surface area contributed by atoms with E-state index in [0.717, 1.165) is 23.4 Å². The number of hydrogen-bond acceptors (Lipinski definition) is 4. The number of rotatable bonds is 7. The fourth-order valence-electron chi connectivity index (χ4n) is 2.38. The first-order valence-corrected chi connectivity index (χ1v) is 10.1. The van der Waals surface area contributed by atoms with Crippen molar-refractivity contribution in [2.24, 2.45) is 0 Å². The minimum Gasteiger partial charge on any atom is -0.376 e.